The molecule has 1 aliphatic rings. The number of carbonyl (C=O) groups is 1. The van der Waals surface area contributed by atoms with E-state index in [1.54, 1.807) is 0 Å². The van der Waals surface area contributed by atoms with Crippen LogP contribution in [0.1, 0.15) is 53.0 Å². The minimum absolute atomic E-state index is 0.202. The lowest BCUT2D eigenvalue weighted by Crippen LogP contribution is -2.68. The summed E-state index contributed by atoms with van der Waals surface area (Å²) in [5.41, 5.74) is 0.341. The van der Waals surface area contributed by atoms with Crippen molar-refractivity contribution in [2.24, 2.45) is 0 Å². The van der Waals surface area contributed by atoms with Crippen molar-refractivity contribution in [1.29, 1.82) is 0 Å². The second kappa shape index (κ2) is 18.5. The molecule has 10 heteroatoms. The number of hydrogen-bond donors (Lipinski definition) is 1. The number of aliphatic hydroxyl groups is 1. The molecule has 0 unspecified atom stereocenters. The second-order valence-corrected chi connectivity index (χ2v) is 18.5. The van der Waals surface area contributed by atoms with E-state index in [-0.39, 0.29) is 30.6 Å². The first kappa shape index (κ1) is 38.3. The first-order valence-corrected chi connectivity index (χ1v) is 19.8. The topological polar surface area (TPSA) is 92.7 Å². The number of carbonyl (C=O) groups excluding carboxylic acids is 1. The van der Waals surface area contributed by atoms with E-state index in [0.717, 1.165) is 15.9 Å². The second-order valence-electron chi connectivity index (χ2n) is 12.9. The average molecular weight is 697 g/mol. The van der Waals surface area contributed by atoms with E-state index >= 15 is 0 Å². The molecule has 1 aliphatic heterocycles. The van der Waals surface area contributed by atoms with Gasteiger partial charge in [-0.1, -0.05) is 112 Å². The van der Waals surface area contributed by atoms with Gasteiger partial charge in [0, 0.05) is 13.0 Å². The van der Waals surface area contributed by atoms with Gasteiger partial charge < -0.3 is 33.2 Å². The van der Waals surface area contributed by atoms with Crippen molar-refractivity contribution >= 4 is 36.4 Å². The molecule has 0 spiro atoms. The van der Waals surface area contributed by atoms with Gasteiger partial charge in [-0.15, -0.1) is 11.8 Å². The predicted molar refractivity (Wildman–Crippen MR) is 193 cm³/mol. The largest absolute Gasteiger partial charge is 0.469 e. The Labute approximate surface area is 291 Å². The van der Waals surface area contributed by atoms with E-state index in [9.17, 15) is 9.90 Å². The van der Waals surface area contributed by atoms with Gasteiger partial charge in [-0.2, -0.15) is 0 Å². The molecule has 0 bridgehead atoms. The zero-order valence-electron chi connectivity index (χ0n) is 29.1. The number of aliphatic hydroxyl groups excluding tert-OH is 1. The lowest BCUT2D eigenvalue weighted by Gasteiger charge is -2.47. The Kier molecular flexibility index (Phi) is 14.7. The van der Waals surface area contributed by atoms with Crippen LogP contribution >= 0.6 is 11.8 Å². The summed E-state index contributed by atoms with van der Waals surface area (Å²) >= 11 is 1.46. The van der Waals surface area contributed by atoms with Crippen LogP contribution in [0, 0.1) is 0 Å². The summed E-state index contributed by atoms with van der Waals surface area (Å²) in [6, 6.07) is 30.8. The van der Waals surface area contributed by atoms with Crippen LogP contribution in [0.25, 0.3) is 0 Å². The van der Waals surface area contributed by atoms with Gasteiger partial charge in [0.05, 0.1) is 20.3 Å². The normalized spacial score (nSPS) is 22.3. The number of rotatable bonds is 17. The molecule has 0 aromatic heterocycles. The standard InChI is InChI=1S/C38H52O8SSi/c1-7-42-28(2)45-35-32(27-44-48(38(3,4)5,30-20-13-9-14-21-30)31-22-15-10-16-23-31)46-37(47-25-17-24-33(39)41-6)34(40)36(35)43-26-29-18-11-8-12-19-29/h8-16,18-23,28,32,34-37,40H,7,17,24-27H2,1-6H3/t28-,32-,34-,35+,36-,37+/m1/s1. The number of methoxy groups -OCH3 is 1. The molecule has 3 aromatic rings. The average Bonchev–Trinajstić information content (AvgIpc) is 3.09. The molecule has 0 radical (unpaired) electrons. The number of thioether (sulfide) groups is 1. The van der Waals surface area contributed by atoms with Crippen LogP contribution in [0.3, 0.4) is 0 Å². The van der Waals surface area contributed by atoms with Crippen LogP contribution in [-0.2, 0) is 39.5 Å². The summed E-state index contributed by atoms with van der Waals surface area (Å²) in [6.45, 7) is 11.4. The summed E-state index contributed by atoms with van der Waals surface area (Å²) in [7, 11) is -1.54. The minimum Gasteiger partial charge on any atom is -0.469 e. The fourth-order valence-corrected chi connectivity index (χ4v) is 12.0. The third-order valence-corrected chi connectivity index (χ3v) is 14.8. The highest BCUT2D eigenvalue weighted by Gasteiger charge is 2.53. The van der Waals surface area contributed by atoms with E-state index in [4.69, 9.17) is 28.1 Å². The molecule has 6 atom stereocenters. The first-order chi connectivity index (χ1) is 23.1. The van der Waals surface area contributed by atoms with Crippen molar-refractivity contribution in [3.8, 4) is 0 Å². The summed E-state index contributed by atoms with van der Waals surface area (Å²) < 4.78 is 37.7. The van der Waals surface area contributed by atoms with Gasteiger partial charge in [0.15, 0.2) is 6.29 Å². The van der Waals surface area contributed by atoms with E-state index in [1.807, 2.05) is 56.3 Å². The molecule has 1 fully saturated rings. The van der Waals surface area contributed by atoms with Gasteiger partial charge in [-0.3, -0.25) is 4.79 Å². The lowest BCUT2D eigenvalue weighted by atomic mass is 9.99. The van der Waals surface area contributed by atoms with Gasteiger partial charge in [0.25, 0.3) is 8.32 Å². The molecule has 48 heavy (non-hydrogen) atoms. The Morgan fingerprint density at radius 2 is 1.52 bits per heavy atom. The van der Waals surface area contributed by atoms with Crippen molar-refractivity contribution in [2.75, 3.05) is 26.1 Å². The fraction of sp³-hybridized carbons (Fsp3) is 0.500. The number of ether oxygens (including phenoxy) is 5. The maximum atomic E-state index is 11.8. The molecular formula is C38H52O8SSi. The first-order valence-electron chi connectivity index (χ1n) is 16.8. The zero-order chi connectivity index (χ0) is 34.6. The van der Waals surface area contributed by atoms with Crippen LogP contribution in [0.2, 0.25) is 5.04 Å². The molecule has 0 aliphatic carbocycles. The van der Waals surface area contributed by atoms with Crippen LogP contribution < -0.4 is 10.4 Å². The third-order valence-electron chi connectivity index (χ3n) is 8.57. The van der Waals surface area contributed by atoms with Gasteiger partial charge in [0.1, 0.15) is 29.9 Å². The van der Waals surface area contributed by atoms with E-state index in [1.165, 1.54) is 18.9 Å². The van der Waals surface area contributed by atoms with Crippen molar-refractivity contribution in [2.45, 2.75) is 95.2 Å². The molecule has 1 N–H and O–H groups in total. The molecular weight excluding hydrogens is 645 g/mol. The highest BCUT2D eigenvalue weighted by molar-refractivity contribution is 7.99. The molecule has 1 saturated heterocycles. The lowest BCUT2D eigenvalue weighted by molar-refractivity contribution is -0.274. The number of hydrogen-bond acceptors (Lipinski definition) is 9. The smallest absolute Gasteiger partial charge is 0.305 e. The van der Waals surface area contributed by atoms with Crippen molar-refractivity contribution in [3.05, 3.63) is 96.6 Å². The predicted octanol–water partition coefficient (Wildman–Crippen LogP) is 5.69. The van der Waals surface area contributed by atoms with E-state index in [0.29, 0.717) is 18.8 Å². The molecule has 4 rings (SSSR count). The monoisotopic (exact) mass is 696 g/mol. The molecule has 0 amide bonds. The summed E-state index contributed by atoms with van der Waals surface area (Å²) in [4.78, 5) is 11.8. The molecule has 0 saturated carbocycles. The maximum Gasteiger partial charge on any atom is 0.305 e. The zero-order valence-corrected chi connectivity index (χ0v) is 30.9. The van der Waals surface area contributed by atoms with E-state index in [2.05, 4.69) is 69.3 Å². The summed E-state index contributed by atoms with van der Waals surface area (Å²) in [5, 5.41) is 13.9. The van der Waals surface area contributed by atoms with Crippen LogP contribution in [0.4, 0.5) is 0 Å². The Bertz CT molecular complexity index is 1320. The summed E-state index contributed by atoms with van der Waals surface area (Å²) in [6.07, 6.45) is -2.75. The number of benzene rings is 3. The Balaban J connectivity index is 1.71. The fourth-order valence-electron chi connectivity index (χ4n) is 6.27. The van der Waals surface area contributed by atoms with Gasteiger partial charge in [-0.05, 0) is 47.0 Å². The third kappa shape index (κ3) is 9.79. The number of esters is 1. The Hall–Kier alpha value is -2.54. The van der Waals surface area contributed by atoms with Crippen molar-refractivity contribution < 1.29 is 38.0 Å². The molecule has 3 aromatic carbocycles. The quantitative estimate of drug-likeness (QED) is 0.0828. The minimum atomic E-state index is -2.93. The molecule has 262 valence electrons. The van der Waals surface area contributed by atoms with Crippen LogP contribution in [0.5, 0.6) is 0 Å². The highest BCUT2D eigenvalue weighted by atomic mass is 32.2. The van der Waals surface area contributed by atoms with E-state index < -0.39 is 44.5 Å². The van der Waals surface area contributed by atoms with Gasteiger partial charge in [0.2, 0.25) is 0 Å². The SMILES string of the molecule is CCO[C@@H](C)O[C@@H]1[C@H](OCc2ccccc2)[C@@H](O)[C@H](SCCCC(=O)OC)O[C@@H]1CO[Si](c1ccccc1)(c1ccccc1)C(C)(C)C. The molecule has 8 nitrogen and oxygen atoms in total. The highest BCUT2D eigenvalue weighted by Crippen LogP contribution is 2.39. The molecule has 1 heterocycles. The summed E-state index contributed by atoms with van der Waals surface area (Å²) in [5.74, 6) is 0.325. The van der Waals surface area contributed by atoms with Gasteiger partial charge in [-0.25, -0.2) is 0 Å². The van der Waals surface area contributed by atoms with Crippen molar-refractivity contribution in [3.63, 3.8) is 0 Å². The van der Waals surface area contributed by atoms with Crippen LogP contribution in [0.15, 0.2) is 91.0 Å². The Morgan fingerprint density at radius 1 is 0.938 bits per heavy atom. The maximum absolute atomic E-state index is 11.8. The van der Waals surface area contributed by atoms with Crippen LogP contribution in [-0.4, -0.2) is 81.6 Å². The van der Waals surface area contributed by atoms with Crippen molar-refractivity contribution in [1.82, 2.24) is 0 Å². The van der Waals surface area contributed by atoms with Gasteiger partial charge >= 0.3 is 5.97 Å². The Morgan fingerprint density at radius 3 is 2.06 bits per heavy atom.